The summed E-state index contributed by atoms with van der Waals surface area (Å²) in [4.78, 5) is 0. The van der Waals surface area contributed by atoms with Crippen LogP contribution in [-0.4, -0.2) is 16.3 Å². The highest BCUT2D eigenvalue weighted by molar-refractivity contribution is 5.26. The molecular weight excluding hydrogens is 250 g/mol. The molecule has 0 saturated heterocycles. The van der Waals surface area contributed by atoms with Crippen molar-refractivity contribution >= 4 is 0 Å². The first-order valence-electron chi connectivity index (χ1n) is 7.32. The van der Waals surface area contributed by atoms with Gasteiger partial charge in [-0.05, 0) is 52.3 Å². The Balaban J connectivity index is 2.11. The zero-order valence-corrected chi connectivity index (χ0v) is 13.2. The van der Waals surface area contributed by atoms with E-state index in [1.54, 1.807) is 0 Å². The van der Waals surface area contributed by atoms with Gasteiger partial charge in [0.05, 0.1) is 18.8 Å². The summed E-state index contributed by atoms with van der Waals surface area (Å²) < 4.78 is 7.87. The predicted octanol–water partition coefficient (Wildman–Crippen LogP) is 3.26. The molecule has 0 aliphatic heterocycles. The first-order valence-corrected chi connectivity index (χ1v) is 7.32. The zero-order valence-electron chi connectivity index (χ0n) is 13.2. The molecule has 2 aromatic rings. The highest BCUT2D eigenvalue weighted by atomic mass is 16.3. The number of hydrogen-bond acceptors (Lipinski definition) is 3. The number of rotatable bonds is 6. The Morgan fingerprint density at radius 3 is 2.60 bits per heavy atom. The summed E-state index contributed by atoms with van der Waals surface area (Å²) in [5.41, 5.74) is 4.82. The third-order valence-corrected chi connectivity index (χ3v) is 3.86. The molecule has 110 valence electrons. The predicted molar refractivity (Wildman–Crippen MR) is 81.0 cm³/mol. The van der Waals surface area contributed by atoms with Crippen LogP contribution < -0.4 is 5.32 Å². The van der Waals surface area contributed by atoms with Crippen LogP contribution in [0.2, 0.25) is 0 Å². The molecule has 0 unspecified atom stereocenters. The van der Waals surface area contributed by atoms with Crippen molar-refractivity contribution in [2.24, 2.45) is 0 Å². The van der Waals surface area contributed by atoms with Crippen LogP contribution in [-0.2, 0) is 13.1 Å². The van der Waals surface area contributed by atoms with Gasteiger partial charge in [0.1, 0.15) is 11.5 Å². The van der Waals surface area contributed by atoms with Gasteiger partial charge in [-0.25, -0.2) is 0 Å². The highest BCUT2D eigenvalue weighted by Crippen LogP contribution is 2.18. The fourth-order valence-electron chi connectivity index (χ4n) is 2.32. The molecule has 0 radical (unpaired) electrons. The molecule has 0 fully saturated rings. The lowest BCUT2D eigenvalue weighted by Gasteiger charge is -2.03. The molecule has 20 heavy (non-hydrogen) atoms. The number of nitrogens with one attached hydrogen (secondary N) is 1. The van der Waals surface area contributed by atoms with Gasteiger partial charge < -0.3 is 9.73 Å². The van der Waals surface area contributed by atoms with E-state index in [1.165, 1.54) is 16.8 Å². The maximum atomic E-state index is 5.81. The van der Waals surface area contributed by atoms with Gasteiger partial charge in [-0.15, -0.1) is 0 Å². The van der Waals surface area contributed by atoms with Gasteiger partial charge in [-0.3, -0.25) is 4.68 Å². The SMILES string of the molecule is CCCNCc1cc(Cn2nc(C)c(C)c2C)c(C)o1. The van der Waals surface area contributed by atoms with E-state index < -0.39 is 0 Å². The molecule has 0 amide bonds. The summed E-state index contributed by atoms with van der Waals surface area (Å²) in [6.07, 6.45) is 1.14. The van der Waals surface area contributed by atoms with E-state index >= 15 is 0 Å². The molecule has 0 saturated carbocycles. The van der Waals surface area contributed by atoms with E-state index in [-0.39, 0.29) is 0 Å². The number of hydrogen-bond donors (Lipinski definition) is 1. The summed E-state index contributed by atoms with van der Waals surface area (Å²) in [6.45, 7) is 13.1. The van der Waals surface area contributed by atoms with Crippen LogP contribution in [0.5, 0.6) is 0 Å². The molecule has 0 atom stereocenters. The minimum Gasteiger partial charge on any atom is -0.465 e. The third-order valence-electron chi connectivity index (χ3n) is 3.86. The number of aryl methyl sites for hydroxylation is 2. The molecule has 0 bridgehead atoms. The Bertz CT molecular complexity index is 581. The Morgan fingerprint density at radius 1 is 1.25 bits per heavy atom. The second kappa shape index (κ2) is 6.27. The number of furan rings is 1. The van der Waals surface area contributed by atoms with Crippen molar-refractivity contribution in [2.45, 2.75) is 54.1 Å². The minimum atomic E-state index is 0.781. The van der Waals surface area contributed by atoms with Crippen LogP contribution >= 0.6 is 0 Å². The summed E-state index contributed by atoms with van der Waals surface area (Å²) >= 11 is 0. The molecule has 0 spiro atoms. The summed E-state index contributed by atoms with van der Waals surface area (Å²) in [6, 6.07) is 2.14. The molecule has 1 N–H and O–H groups in total. The molecule has 2 rings (SSSR count). The molecule has 4 nitrogen and oxygen atoms in total. The van der Waals surface area contributed by atoms with E-state index in [0.717, 1.165) is 43.3 Å². The largest absolute Gasteiger partial charge is 0.465 e. The van der Waals surface area contributed by atoms with E-state index in [0.29, 0.717) is 0 Å². The molecule has 0 aliphatic carbocycles. The average molecular weight is 275 g/mol. The van der Waals surface area contributed by atoms with Crippen molar-refractivity contribution in [1.82, 2.24) is 15.1 Å². The van der Waals surface area contributed by atoms with Gasteiger partial charge >= 0.3 is 0 Å². The third kappa shape index (κ3) is 3.12. The zero-order chi connectivity index (χ0) is 14.7. The molecule has 2 aromatic heterocycles. The quantitative estimate of drug-likeness (QED) is 0.823. The fourth-order valence-corrected chi connectivity index (χ4v) is 2.32. The van der Waals surface area contributed by atoms with Crippen molar-refractivity contribution < 1.29 is 4.42 Å². The molecule has 4 heteroatoms. The molecule has 2 heterocycles. The van der Waals surface area contributed by atoms with Crippen LogP contribution in [0.4, 0.5) is 0 Å². The molecular formula is C16H25N3O. The van der Waals surface area contributed by atoms with E-state index in [2.05, 4.69) is 48.9 Å². The number of nitrogens with zero attached hydrogens (tertiary/aromatic N) is 2. The Morgan fingerprint density at radius 2 is 2.00 bits per heavy atom. The summed E-state index contributed by atoms with van der Waals surface area (Å²) in [5.74, 6) is 1.99. The smallest absolute Gasteiger partial charge is 0.118 e. The summed E-state index contributed by atoms with van der Waals surface area (Å²) in [7, 11) is 0. The molecule has 0 aromatic carbocycles. The van der Waals surface area contributed by atoms with E-state index in [9.17, 15) is 0 Å². The Hall–Kier alpha value is -1.55. The maximum Gasteiger partial charge on any atom is 0.118 e. The lowest BCUT2D eigenvalue weighted by Crippen LogP contribution is -2.13. The maximum absolute atomic E-state index is 5.81. The van der Waals surface area contributed by atoms with Gasteiger partial charge in [-0.1, -0.05) is 6.92 Å². The first-order chi connectivity index (χ1) is 9.52. The van der Waals surface area contributed by atoms with Crippen molar-refractivity contribution in [3.63, 3.8) is 0 Å². The lowest BCUT2D eigenvalue weighted by molar-refractivity contribution is 0.458. The van der Waals surface area contributed by atoms with Crippen LogP contribution in [0, 0.1) is 27.7 Å². The van der Waals surface area contributed by atoms with Crippen LogP contribution in [0.15, 0.2) is 10.5 Å². The average Bonchev–Trinajstić information content (AvgIpc) is 2.87. The van der Waals surface area contributed by atoms with Crippen molar-refractivity contribution in [3.05, 3.63) is 40.1 Å². The van der Waals surface area contributed by atoms with Crippen LogP contribution in [0.25, 0.3) is 0 Å². The monoisotopic (exact) mass is 275 g/mol. The van der Waals surface area contributed by atoms with Crippen LogP contribution in [0.3, 0.4) is 0 Å². The second-order valence-corrected chi connectivity index (χ2v) is 5.42. The van der Waals surface area contributed by atoms with E-state index in [4.69, 9.17) is 4.42 Å². The normalized spacial score (nSPS) is 11.2. The topological polar surface area (TPSA) is 43.0 Å². The lowest BCUT2D eigenvalue weighted by atomic mass is 10.2. The molecule has 0 aliphatic rings. The fraction of sp³-hybridized carbons (Fsp3) is 0.562. The second-order valence-electron chi connectivity index (χ2n) is 5.42. The first kappa shape index (κ1) is 14.9. The van der Waals surface area contributed by atoms with E-state index in [1.807, 2.05) is 6.92 Å². The van der Waals surface area contributed by atoms with Gasteiger partial charge in [0.2, 0.25) is 0 Å². The summed E-state index contributed by atoms with van der Waals surface area (Å²) in [5, 5.41) is 7.95. The van der Waals surface area contributed by atoms with Crippen LogP contribution in [0.1, 0.15) is 47.4 Å². The minimum absolute atomic E-state index is 0.781. The van der Waals surface area contributed by atoms with Crippen molar-refractivity contribution in [1.29, 1.82) is 0 Å². The van der Waals surface area contributed by atoms with Gasteiger partial charge in [-0.2, -0.15) is 5.10 Å². The van der Waals surface area contributed by atoms with Gasteiger partial charge in [0, 0.05) is 11.3 Å². The number of aromatic nitrogens is 2. The van der Waals surface area contributed by atoms with Crippen molar-refractivity contribution in [2.75, 3.05) is 6.54 Å². The Labute approximate surface area is 121 Å². The van der Waals surface area contributed by atoms with Crippen molar-refractivity contribution in [3.8, 4) is 0 Å². The Kier molecular flexibility index (Phi) is 4.65. The van der Waals surface area contributed by atoms with Gasteiger partial charge in [0.25, 0.3) is 0 Å². The highest BCUT2D eigenvalue weighted by Gasteiger charge is 2.12. The standard InChI is InChI=1S/C16H25N3O/c1-6-7-17-9-16-8-15(14(5)20-16)10-19-13(4)11(2)12(3)18-19/h8,17H,6-7,9-10H2,1-5H3. The van der Waals surface area contributed by atoms with Gasteiger partial charge in [0.15, 0.2) is 0 Å².